The molecule has 0 aromatic carbocycles. The molecule has 2 rings (SSSR count). The Balaban J connectivity index is 1.85. The third-order valence-corrected chi connectivity index (χ3v) is 4.12. The van der Waals surface area contributed by atoms with Crippen LogP contribution in [0.2, 0.25) is 0 Å². The fraction of sp³-hybridized carbons (Fsp3) is 0.643. The van der Waals surface area contributed by atoms with Crippen molar-refractivity contribution in [2.75, 3.05) is 6.54 Å². The topological polar surface area (TPSA) is 84.2 Å². The van der Waals surface area contributed by atoms with Crippen molar-refractivity contribution < 1.29 is 14.7 Å². The van der Waals surface area contributed by atoms with E-state index in [1.54, 1.807) is 12.5 Å². The number of carboxylic acid groups (broad SMARTS) is 1. The first-order chi connectivity index (χ1) is 9.61. The van der Waals surface area contributed by atoms with Crippen molar-refractivity contribution in [1.29, 1.82) is 0 Å². The Labute approximate surface area is 118 Å². The van der Waals surface area contributed by atoms with E-state index in [1.807, 2.05) is 17.7 Å². The van der Waals surface area contributed by atoms with Gasteiger partial charge in [-0.3, -0.25) is 9.59 Å². The largest absolute Gasteiger partial charge is 0.481 e. The molecule has 1 unspecified atom stereocenters. The second kappa shape index (κ2) is 6.54. The molecule has 0 spiro atoms. The van der Waals surface area contributed by atoms with E-state index in [2.05, 4.69) is 10.3 Å². The van der Waals surface area contributed by atoms with Crippen LogP contribution in [0.15, 0.2) is 18.7 Å². The zero-order valence-corrected chi connectivity index (χ0v) is 11.7. The number of hydrogen-bond acceptors (Lipinski definition) is 3. The number of carbonyl (C=O) groups is 2. The summed E-state index contributed by atoms with van der Waals surface area (Å²) in [5.74, 6) is -1.56. The van der Waals surface area contributed by atoms with Crippen molar-refractivity contribution in [3.8, 4) is 0 Å². The highest BCUT2D eigenvalue weighted by Gasteiger charge is 2.41. The van der Waals surface area contributed by atoms with Crippen LogP contribution in [0, 0.1) is 17.8 Å². The van der Waals surface area contributed by atoms with E-state index in [0.717, 1.165) is 6.42 Å². The average molecular weight is 279 g/mol. The number of carbonyl (C=O) groups excluding carboxylic acids is 1. The molecular weight excluding hydrogens is 258 g/mol. The number of amides is 1. The summed E-state index contributed by atoms with van der Waals surface area (Å²) < 4.78 is 1.87. The fourth-order valence-corrected chi connectivity index (χ4v) is 2.90. The standard InChI is InChI=1S/C14H21N3O3/c1-2-10-7-11(12(8-10)14(19)20)13(18)16-4-6-17-5-3-15-9-17/h3,5,9-12H,2,4,6-8H2,1H3,(H,16,18)(H,19,20)/t10?,11-,12+/m0/s1. The van der Waals surface area contributed by atoms with Crippen LogP contribution >= 0.6 is 0 Å². The van der Waals surface area contributed by atoms with Crippen molar-refractivity contribution in [2.45, 2.75) is 32.7 Å². The molecule has 0 aliphatic heterocycles. The molecule has 0 radical (unpaired) electrons. The zero-order valence-electron chi connectivity index (χ0n) is 11.7. The average Bonchev–Trinajstić information content (AvgIpc) is 3.07. The Morgan fingerprint density at radius 1 is 1.40 bits per heavy atom. The van der Waals surface area contributed by atoms with Crippen LogP contribution < -0.4 is 5.32 Å². The quantitative estimate of drug-likeness (QED) is 0.817. The molecule has 0 saturated heterocycles. The molecule has 110 valence electrons. The van der Waals surface area contributed by atoms with E-state index in [4.69, 9.17) is 0 Å². The molecule has 1 amide bonds. The molecule has 2 N–H and O–H groups in total. The molecule has 1 heterocycles. The summed E-state index contributed by atoms with van der Waals surface area (Å²) in [6, 6.07) is 0. The lowest BCUT2D eigenvalue weighted by Crippen LogP contribution is -2.36. The first-order valence-corrected chi connectivity index (χ1v) is 7.08. The minimum absolute atomic E-state index is 0.131. The molecule has 1 aliphatic rings. The van der Waals surface area contributed by atoms with Crippen LogP contribution in [0.5, 0.6) is 0 Å². The number of imidazole rings is 1. The van der Waals surface area contributed by atoms with Crippen molar-refractivity contribution in [2.24, 2.45) is 17.8 Å². The summed E-state index contributed by atoms with van der Waals surface area (Å²) in [6.45, 7) is 3.19. The van der Waals surface area contributed by atoms with E-state index in [1.165, 1.54) is 0 Å². The minimum Gasteiger partial charge on any atom is -0.481 e. The number of rotatable bonds is 6. The molecule has 1 saturated carbocycles. The van der Waals surface area contributed by atoms with Gasteiger partial charge in [-0.1, -0.05) is 13.3 Å². The predicted octanol–water partition coefficient (Wildman–Crippen LogP) is 1.14. The second-order valence-corrected chi connectivity index (χ2v) is 5.39. The lowest BCUT2D eigenvalue weighted by molar-refractivity contribution is -0.146. The van der Waals surface area contributed by atoms with Crippen LogP contribution in [0.3, 0.4) is 0 Å². The van der Waals surface area contributed by atoms with Gasteiger partial charge >= 0.3 is 5.97 Å². The van der Waals surface area contributed by atoms with Gasteiger partial charge in [0.25, 0.3) is 0 Å². The molecule has 6 heteroatoms. The molecule has 1 aliphatic carbocycles. The maximum atomic E-state index is 12.2. The van der Waals surface area contributed by atoms with Gasteiger partial charge in [-0.25, -0.2) is 4.98 Å². The van der Waals surface area contributed by atoms with E-state index < -0.39 is 11.9 Å². The van der Waals surface area contributed by atoms with Crippen molar-refractivity contribution in [3.63, 3.8) is 0 Å². The van der Waals surface area contributed by atoms with Crippen molar-refractivity contribution in [1.82, 2.24) is 14.9 Å². The molecule has 1 fully saturated rings. The van der Waals surface area contributed by atoms with Crippen LogP contribution in [0.25, 0.3) is 0 Å². The molecule has 3 atom stereocenters. The lowest BCUT2D eigenvalue weighted by atomic mass is 9.95. The monoisotopic (exact) mass is 279 g/mol. The number of aromatic nitrogens is 2. The number of nitrogens with zero attached hydrogens (tertiary/aromatic N) is 2. The third kappa shape index (κ3) is 3.37. The Morgan fingerprint density at radius 3 is 2.75 bits per heavy atom. The van der Waals surface area contributed by atoms with E-state index in [-0.39, 0.29) is 11.8 Å². The molecule has 1 aromatic rings. The summed E-state index contributed by atoms with van der Waals surface area (Å²) in [4.78, 5) is 27.3. The Kier molecular flexibility index (Phi) is 4.76. The summed E-state index contributed by atoms with van der Waals surface area (Å²) in [6.07, 6.45) is 7.44. The Hall–Kier alpha value is -1.85. The SMILES string of the molecule is CCC1C[C@H](C(=O)NCCn2ccnc2)[C@H](C(=O)O)C1. The predicted molar refractivity (Wildman–Crippen MR) is 72.9 cm³/mol. The molecule has 1 aromatic heterocycles. The van der Waals surface area contributed by atoms with Crippen molar-refractivity contribution >= 4 is 11.9 Å². The highest BCUT2D eigenvalue weighted by atomic mass is 16.4. The number of carboxylic acids is 1. The summed E-state index contributed by atoms with van der Waals surface area (Å²) in [7, 11) is 0. The zero-order chi connectivity index (χ0) is 14.5. The maximum absolute atomic E-state index is 12.2. The first kappa shape index (κ1) is 14.6. The minimum atomic E-state index is -0.851. The van der Waals surface area contributed by atoms with Gasteiger partial charge in [0.15, 0.2) is 0 Å². The second-order valence-electron chi connectivity index (χ2n) is 5.39. The Bertz CT molecular complexity index is 458. The van der Waals surface area contributed by atoms with E-state index >= 15 is 0 Å². The van der Waals surface area contributed by atoms with E-state index in [9.17, 15) is 14.7 Å². The number of nitrogens with one attached hydrogen (secondary N) is 1. The van der Waals surface area contributed by atoms with E-state index in [0.29, 0.717) is 31.8 Å². The number of hydrogen-bond donors (Lipinski definition) is 2. The number of aliphatic carboxylic acids is 1. The van der Waals surface area contributed by atoms with Crippen molar-refractivity contribution in [3.05, 3.63) is 18.7 Å². The third-order valence-electron chi connectivity index (χ3n) is 4.12. The highest BCUT2D eigenvalue weighted by Crippen LogP contribution is 2.38. The van der Waals surface area contributed by atoms with Crippen LogP contribution in [0.1, 0.15) is 26.2 Å². The van der Waals surface area contributed by atoms with Gasteiger partial charge in [0, 0.05) is 25.5 Å². The fourth-order valence-electron chi connectivity index (χ4n) is 2.90. The van der Waals surface area contributed by atoms with Gasteiger partial charge in [0.05, 0.1) is 18.2 Å². The van der Waals surface area contributed by atoms with Crippen LogP contribution in [0.4, 0.5) is 0 Å². The summed E-state index contributed by atoms with van der Waals surface area (Å²) in [5, 5.41) is 12.1. The van der Waals surface area contributed by atoms with Gasteiger partial charge in [-0.05, 0) is 18.8 Å². The smallest absolute Gasteiger partial charge is 0.307 e. The molecule has 20 heavy (non-hydrogen) atoms. The van der Waals surface area contributed by atoms with Gasteiger partial charge in [0.1, 0.15) is 0 Å². The first-order valence-electron chi connectivity index (χ1n) is 7.08. The lowest BCUT2D eigenvalue weighted by Gasteiger charge is -2.15. The van der Waals surface area contributed by atoms with Crippen LogP contribution in [-0.4, -0.2) is 33.1 Å². The van der Waals surface area contributed by atoms with Gasteiger partial charge in [-0.2, -0.15) is 0 Å². The summed E-state index contributed by atoms with van der Waals surface area (Å²) >= 11 is 0. The molecular formula is C14H21N3O3. The van der Waals surface area contributed by atoms with Gasteiger partial charge in [-0.15, -0.1) is 0 Å². The van der Waals surface area contributed by atoms with Gasteiger partial charge in [0.2, 0.25) is 5.91 Å². The maximum Gasteiger partial charge on any atom is 0.307 e. The normalized spacial score (nSPS) is 25.6. The molecule has 6 nitrogen and oxygen atoms in total. The summed E-state index contributed by atoms with van der Waals surface area (Å²) in [5.41, 5.74) is 0. The van der Waals surface area contributed by atoms with Crippen LogP contribution in [-0.2, 0) is 16.1 Å². The Morgan fingerprint density at radius 2 is 2.15 bits per heavy atom. The van der Waals surface area contributed by atoms with Gasteiger partial charge < -0.3 is 15.0 Å². The highest BCUT2D eigenvalue weighted by molar-refractivity contribution is 5.85. The molecule has 0 bridgehead atoms.